The first-order chi connectivity index (χ1) is 10.3. The highest BCUT2D eigenvalue weighted by Gasteiger charge is 2.17. The molecule has 0 saturated carbocycles. The monoisotopic (exact) mass is 359 g/mol. The molecule has 0 aliphatic rings. The summed E-state index contributed by atoms with van der Waals surface area (Å²) in [6.07, 6.45) is 1.13. The van der Waals surface area contributed by atoms with E-state index in [0.29, 0.717) is 0 Å². The topological polar surface area (TPSA) is 12.0 Å². The zero-order valence-electron chi connectivity index (χ0n) is 12.0. The summed E-state index contributed by atoms with van der Waals surface area (Å²) < 4.78 is 1.19. The molecule has 0 bridgehead atoms. The molecular formula is C18H18BrNS. The maximum absolute atomic E-state index is 3.68. The predicted octanol–water partition coefficient (Wildman–Crippen LogP) is 5.75. The fourth-order valence-corrected chi connectivity index (χ4v) is 4.25. The molecule has 0 aliphatic heterocycles. The Balaban J connectivity index is 2.03. The van der Waals surface area contributed by atoms with E-state index < -0.39 is 0 Å². The molecule has 1 nitrogen and oxygen atoms in total. The largest absolute Gasteiger partial charge is 0.306 e. The van der Waals surface area contributed by atoms with Gasteiger partial charge in [-0.1, -0.05) is 43.3 Å². The van der Waals surface area contributed by atoms with Gasteiger partial charge in [0.15, 0.2) is 0 Å². The fraction of sp³-hybridized carbons (Fsp3) is 0.222. The van der Waals surface area contributed by atoms with Gasteiger partial charge >= 0.3 is 0 Å². The molecule has 0 aliphatic carbocycles. The van der Waals surface area contributed by atoms with Gasteiger partial charge in [-0.2, -0.15) is 0 Å². The van der Waals surface area contributed by atoms with Crippen LogP contribution < -0.4 is 5.32 Å². The van der Waals surface area contributed by atoms with Crippen LogP contribution in [0.4, 0.5) is 0 Å². The first kappa shape index (κ1) is 14.8. The smallest absolute Gasteiger partial charge is 0.0682 e. The molecule has 3 aromatic rings. The van der Waals surface area contributed by atoms with Crippen LogP contribution >= 0.6 is 27.3 Å². The van der Waals surface area contributed by atoms with Crippen LogP contribution in [0, 0.1) is 0 Å². The Kier molecular flexibility index (Phi) is 4.73. The van der Waals surface area contributed by atoms with Crippen molar-refractivity contribution in [3.05, 3.63) is 68.8 Å². The quantitative estimate of drug-likeness (QED) is 0.611. The first-order valence-corrected chi connectivity index (χ1v) is 8.92. The van der Waals surface area contributed by atoms with Crippen molar-refractivity contribution < 1.29 is 0 Å². The van der Waals surface area contributed by atoms with E-state index in [9.17, 15) is 0 Å². The Hall–Kier alpha value is -1.16. The third-order valence-corrected chi connectivity index (χ3v) is 5.55. The van der Waals surface area contributed by atoms with Crippen molar-refractivity contribution in [1.82, 2.24) is 5.32 Å². The van der Waals surface area contributed by atoms with Crippen LogP contribution in [-0.2, 0) is 0 Å². The number of hydrogen-bond acceptors (Lipinski definition) is 2. The molecule has 0 amide bonds. The van der Waals surface area contributed by atoms with Crippen LogP contribution in [0.5, 0.6) is 0 Å². The standard InChI is InChI=1S/C18H18BrNS/c1-2-10-20-17(18-16(19)9-11-21-18)15-8-7-13-5-3-4-6-14(13)12-15/h3-9,11-12,17,20H,2,10H2,1H3. The normalized spacial score (nSPS) is 12.7. The van der Waals surface area contributed by atoms with E-state index in [0.717, 1.165) is 13.0 Å². The predicted molar refractivity (Wildman–Crippen MR) is 96.1 cm³/mol. The molecular weight excluding hydrogens is 342 g/mol. The van der Waals surface area contributed by atoms with Gasteiger partial charge < -0.3 is 5.32 Å². The lowest BCUT2D eigenvalue weighted by molar-refractivity contribution is 0.605. The number of halogens is 1. The van der Waals surface area contributed by atoms with Gasteiger partial charge in [-0.15, -0.1) is 11.3 Å². The Labute approximate surface area is 138 Å². The summed E-state index contributed by atoms with van der Waals surface area (Å²) >= 11 is 5.48. The van der Waals surface area contributed by atoms with Gasteiger partial charge in [-0.3, -0.25) is 0 Å². The van der Waals surface area contributed by atoms with Crippen LogP contribution in [0.15, 0.2) is 58.4 Å². The first-order valence-electron chi connectivity index (χ1n) is 7.24. The van der Waals surface area contributed by atoms with Crippen molar-refractivity contribution in [3.8, 4) is 0 Å². The van der Waals surface area contributed by atoms with Crippen LogP contribution in [0.2, 0.25) is 0 Å². The Morgan fingerprint density at radius 3 is 2.62 bits per heavy atom. The van der Waals surface area contributed by atoms with E-state index in [-0.39, 0.29) is 6.04 Å². The van der Waals surface area contributed by atoms with E-state index in [1.165, 1.54) is 25.7 Å². The Bertz CT molecular complexity index is 735. The lowest BCUT2D eigenvalue weighted by atomic mass is 10.0. The molecule has 0 fully saturated rings. The summed E-state index contributed by atoms with van der Waals surface area (Å²) in [4.78, 5) is 1.35. The molecule has 21 heavy (non-hydrogen) atoms. The summed E-state index contributed by atoms with van der Waals surface area (Å²) in [5.41, 5.74) is 1.32. The van der Waals surface area contributed by atoms with Gasteiger partial charge in [0.25, 0.3) is 0 Å². The number of thiophene rings is 1. The highest BCUT2D eigenvalue weighted by atomic mass is 79.9. The van der Waals surface area contributed by atoms with Crippen LogP contribution in [-0.4, -0.2) is 6.54 Å². The second-order valence-electron chi connectivity index (χ2n) is 5.13. The van der Waals surface area contributed by atoms with Crippen molar-refractivity contribution >= 4 is 38.0 Å². The van der Waals surface area contributed by atoms with Gasteiger partial charge in [0.1, 0.15) is 0 Å². The molecule has 2 aromatic carbocycles. The Morgan fingerprint density at radius 2 is 1.90 bits per heavy atom. The average Bonchev–Trinajstić information content (AvgIpc) is 2.94. The zero-order valence-corrected chi connectivity index (χ0v) is 14.4. The summed E-state index contributed by atoms with van der Waals surface area (Å²) in [7, 11) is 0. The van der Waals surface area contributed by atoms with Gasteiger partial charge in [-0.25, -0.2) is 0 Å². The third-order valence-electron chi connectivity index (χ3n) is 3.61. The second-order valence-corrected chi connectivity index (χ2v) is 6.93. The second kappa shape index (κ2) is 6.73. The van der Waals surface area contributed by atoms with E-state index >= 15 is 0 Å². The molecule has 3 rings (SSSR count). The molecule has 1 unspecified atom stereocenters. The molecule has 1 aromatic heterocycles. The van der Waals surface area contributed by atoms with E-state index in [1.807, 2.05) is 0 Å². The highest BCUT2D eigenvalue weighted by molar-refractivity contribution is 9.10. The van der Waals surface area contributed by atoms with Crippen molar-refractivity contribution in [3.63, 3.8) is 0 Å². The third kappa shape index (κ3) is 3.20. The van der Waals surface area contributed by atoms with Crippen LogP contribution in [0.1, 0.15) is 29.8 Å². The molecule has 0 spiro atoms. The number of hydrogen-bond donors (Lipinski definition) is 1. The minimum Gasteiger partial charge on any atom is -0.306 e. The summed E-state index contributed by atoms with van der Waals surface area (Å²) in [5.74, 6) is 0. The van der Waals surface area contributed by atoms with Crippen LogP contribution in [0.25, 0.3) is 10.8 Å². The number of nitrogens with one attached hydrogen (secondary N) is 1. The number of benzene rings is 2. The molecule has 1 heterocycles. The van der Waals surface area contributed by atoms with Crippen molar-refractivity contribution in [1.29, 1.82) is 0 Å². The molecule has 1 N–H and O–H groups in total. The number of rotatable bonds is 5. The molecule has 108 valence electrons. The van der Waals surface area contributed by atoms with Crippen molar-refractivity contribution in [2.75, 3.05) is 6.54 Å². The van der Waals surface area contributed by atoms with Crippen LogP contribution in [0.3, 0.4) is 0 Å². The van der Waals surface area contributed by atoms with Crippen molar-refractivity contribution in [2.24, 2.45) is 0 Å². The zero-order chi connectivity index (χ0) is 14.7. The summed E-state index contributed by atoms with van der Waals surface area (Å²) in [5, 5.41) is 8.40. The highest BCUT2D eigenvalue weighted by Crippen LogP contribution is 2.34. The van der Waals surface area contributed by atoms with Crippen molar-refractivity contribution in [2.45, 2.75) is 19.4 Å². The Morgan fingerprint density at radius 1 is 1.10 bits per heavy atom. The van der Waals surface area contributed by atoms with Gasteiger partial charge in [-0.05, 0) is 62.7 Å². The lowest BCUT2D eigenvalue weighted by Crippen LogP contribution is -2.22. The van der Waals surface area contributed by atoms with E-state index in [2.05, 4.69) is 82.1 Å². The van der Waals surface area contributed by atoms with Gasteiger partial charge in [0.2, 0.25) is 0 Å². The van der Waals surface area contributed by atoms with Gasteiger partial charge in [0.05, 0.1) is 6.04 Å². The minimum atomic E-state index is 0.254. The maximum Gasteiger partial charge on any atom is 0.0682 e. The molecule has 1 atom stereocenters. The fourth-order valence-electron chi connectivity index (χ4n) is 2.55. The van der Waals surface area contributed by atoms with E-state index in [1.54, 1.807) is 11.3 Å². The molecule has 3 heteroatoms. The minimum absolute atomic E-state index is 0.254. The summed E-state index contributed by atoms with van der Waals surface area (Å²) in [6.45, 7) is 3.22. The SMILES string of the molecule is CCCNC(c1ccc2ccccc2c1)c1sccc1Br. The number of fused-ring (bicyclic) bond motifs is 1. The van der Waals surface area contributed by atoms with E-state index in [4.69, 9.17) is 0 Å². The lowest BCUT2D eigenvalue weighted by Gasteiger charge is -2.19. The summed E-state index contributed by atoms with van der Waals surface area (Å²) in [6, 6.07) is 17.7. The average molecular weight is 360 g/mol. The molecule has 0 saturated heterocycles. The maximum atomic E-state index is 3.68. The van der Waals surface area contributed by atoms with Gasteiger partial charge in [0, 0.05) is 9.35 Å². The molecule has 0 radical (unpaired) electrons.